The Kier molecular flexibility index (Phi) is 3.51. The molecule has 112 valence electrons. The molecule has 0 aromatic rings. The first-order valence-electron chi connectivity index (χ1n) is 8.19. The molecule has 2 amide bonds. The van der Waals surface area contributed by atoms with Gasteiger partial charge in [0.1, 0.15) is 12.1 Å². The molecule has 4 nitrogen and oxygen atoms in total. The molecule has 0 atom stereocenters. The maximum atomic E-state index is 13.1. The molecule has 0 bridgehead atoms. The summed E-state index contributed by atoms with van der Waals surface area (Å²) < 4.78 is 0. The van der Waals surface area contributed by atoms with Gasteiger partial charge >= 0.3 is 0 Å². The predicted molar refractivity (Wildman–Crippen MR) is 77.2 cm³/mol. The molecule has 1 heterocycles. The van der Waals surface area contributed by atoms with E-state index in [0.717, 1.165) is 38.5 Å². The molecule has 2 saturated carbocycles. The van der Waals surface area contributed by atoms with Crippen molar-refractivity contribution in [1.82, 2.24) is 10.2 Å². The Bertz CT molecular complexity index is 407. The summed E-state index contributed by atoms with van der Waals surface area (Å²) in [5.74, 6) is 0.236. The fourth-order valence-electron chi connectivity index (χ4n) is 4.35. The van der Waals surface area contributed by atoms with E-state index in [1.165, 1.54) is 25.7 Å². The first kappa shape index (κ1) is 13.9. The molecule has 0 aromatic carbocycles. The van der Waals surface area contributed by atoms with Gasteiger partial charge < -0.3 is 10.2 Å². The maximum absolute atomic E-state index is 13.1. The summed E-state index contributed by atoms with van der Waals surface area (Å²) in [6.07, 6.45) is 10.6. The van der Waals surface area contributed by atoms with E-state index in [-0.39, 0.29) is 23.9 Å². The minimum atomic E-state index is -0.575. The van der Waals surface area contributed by atoms with Crippen molar-refractivity contribution in [1.29, 1.82) is 0 Å². The molecule has 2 aliphatic carbocycles. The van der Waals surface area contributed by atoms with Gasteiger partial charge in [0.05, 0.1) is 0 Å². The summed E-state index contributed by atoms with van der Waals surface area (Å²) in [6, 6.07) is 0. The van der Waals surface area contributed by atoms with Crippen molar-refractivity contribution in [3.63, 3.8) is 0 Å². The van der Waals surface area contributed by atoms with E-state index in [9.17, 15) is 9.59 Å². The van der Waals surface area contributed by atoms with Crippen molar-refractivity contribution in [2.24, 2.45) is 0 Å². The first-order chi connectivity index (χ1) is 9.56. The Balaban J connectivity index is 1.86. The number of nitrogens with one attached hydrogen (secondary N) is 1. The normalized spacial score (nSPS) is 29.4. The monoisotopic (exact) mass is 278 g/mol. The highest BCUT2D eigenvalue weighted by molar-refractivity contribution is 5.98. The summed E-state index contributed by atoms with van der Waals surface area (Å²) in [5.41, 5.74) is -0.675. The number of amides is 2. The fraction of sp³-hybridized carbons (Fsp3) is 0.875. The number of hydrogen-bond donors (Lipinski definition) is 1. The number of nitrogens with zero attached hydrogens (tertiary/aromatic N) is 1. The van der Waals surface area contributed by atoms with E-state index < -0.39 is 5.54 Å². The summed E-state index contributed by atoms with van der Waals surface area (Å²) in [7, 11) is 0. The quantitative estimate of drug-likeness (QED) is 0.800. The minimum Gasteiger partial charge on any atom is -0.340 e. The number of rotatable bonds is 1. The van der Waals surface area contributed by atoms with Crippen LogP contribution < -0.4 is 5.32 Å². The zero-order valence-corrected chi connectivity index (χ0v) is 12.5. The van der Waals surface area contributed by atoms with Crippen LogP contribution in [-0.2, 0) is 9.59 Å². The van der Waals surface area contributed by atoms with Gasteiger partial charge in [-0.15, -0.1) is 0 Å². The van der Waals surface area contributed by atoms with E-state index in [1.54, 1.807) is 0 Å². The molecule has 3 rings (SSSR count). The molecule has 20 heavy (non-hydrogen) atoms. The van der Waals surface area contributed by atoms with Crippen LogP contribution in [0.25, 0.3) is 0 Å². The van der Waals surface area contributed by atoms with Gasteiger partial charge in [-0.3, -0.25) is 9.59 Å². The molecule has 1 aliphatic heterocycles. The molecule has 0 unspecified atom stereocenters. The van der Waals surface area contributed by atoms with Crippen LogP contribution in [0.5, 0.6) is 0 Å². The molecule has 0 radical (unpaired) electrons. The van der Waals surface area contributed by atoms with Crippen LogP contribution >= 0.6 is 0 Å². The molecule has 1 spiro atoms. The number of hydrogen-bond acceptors (Lipinski definition) is 2. The first-order valence-corrected chi connectivity index (χ1v) is 8.19. The molecule has 1 N–H and O–H groups in total. The average Bonchev–Trinajstić information content (AvgIpc) is 2.44. The van der Waals surface area contributed by atoms with E-state index in [2.05, 4.69) is 12.2 Å². The van der Waals surface area contributed by atoms with Crippen molar-refractivity contribution in [3.05, 3.63) is 0 Å². The van der Waals surface area contributed by atoms with E-state index in [0.29, 0.717) is 0 Å². The SMILES string of the molecule is CC1(N2CC(=O)NC3(CCCCC3)C2=O)CCCCC1. The Hall–Kier alpha value is -1.06. The Morgan fingerprint density at radius 2 is 1.45 bits per heavy atom. The highest BCUT2D eigenvalue weighted by Gasteiger charge is 2.51. The smallest absolute Gasteiger partial charge is 0.249 e. The predicted octanol–water partition coefficient (Wildman–Crippen LogP) is 2.37. The molecular formula is C16H26N2O2. The van der Waals surface area contributed by atoms with Gasteiger partial charge in [-0.2, -0.15) is 0 Å². The molecule has 4 heteroatoms. The lowest BCUT2D eigenvalue weighted by molar-refractivity contribution is -0.159. The lowest BCUT2D eigenvalue weighted by Gasteiger charge is -2.51. The second kappa shape index (κ2) is 5.05. The largest absolute Gasteiger partial charge is 0.340 e. The zero-order chi connectivity index (χ0) is 14.2. The molecular weight excluding hydrogens is 252 g/mol. The van der Waals surface area contributed by atoms with Crippen molar-refractivity contribution in [2.75, 3.05) is 6.54 Å². The molecule has 0 aromatic heterocycles. The van der Waals surface area contributed by atoms with Crippen LogP contribution in [0.1, 0.15) is 71.1 Å². The second-order valence-corrected chi connectivity index (χ2v) is 7.14. The van der Waals surface area contributed by atoms with Crippen LogP contribution in [0.15, 0.2) is 0 Å². The lowest BCUT2D eigenvalue weighted by atomic mass is 9.75. The Morgan fingerprint density at radius 1 is 0.900 bits per heavy atom. The fourth-order valence-corrected chi connectivity index (χ4v) is 4.35. The second-order valence-electron chi connectivity index (χ2n) is 7.14. The summed E-state index contributed by atoms with van der Waals surface area (Å²) in [6.45, 7) is 2.44. The zero-order valence-electron chi connectivity index (χ0n) is 12.5. The van der Waals surface area contributed by atoms with Gasteiger partial charge in [-0.1, -0.05) is 38.5 Å². The number of piperazine rings is 1. The van der Waals surface area contributed by atoms with Crippen LogP contribution in [0.4, 0.5) is 0 Å². The Labute approximate surface area is 121 Å². The van der Waals surface area contributed by atoms with Gasteiger partial charge in [0, 0.05) is 5.54 Å². The third kappa shape index (κ3) is 2.23. The third-order valence-electron chi connectivity index (χ3n) is 5.62. The maximum Gasteiger partial charge on any atom is 0.249 e. The van der Waals surface area contributed by atoms with Crippen LogP contribution in [0.2, 0.25) is 0 Å². The van der Waals surface area contributed by atoms with E-state index in [1.807, 2.05) is 4.90 Å². The summed E-state index contributed by atoms with van der Waals surface area (Å²) in [5, 5.41) is 3.04. The lowest BCUT2D eigenvalue weighted by Crippen LogP contribution is -2.71. The minimum absolute atomic E-state index is 0.0401. The standard InChI is InChI=1S/C16H26N2O2/c1-15(8-4-2-5-9-15)18-12-13(19)17-16(14(18)20)10-6-3-7-11-16/h2-12H2,1H3,(H,17,19). The molecule has 3 aliphatic rings. The van der Waals surface area contributed by atoms with Gasteiger partial charge in [-0.05, 0) is 32.6 Å². The highest BCUT2D eigenvalue weighted by atomic mass is 16.2. The van der Waals surface area contributed by atoms with Crippen molar-refractivity contribution < 1.29 is 9.59 Å². The molecule has 1 saturated heterocycles. The Morgan fingerprint density at radius 3 is 2.05 bits per heavy atom. The molecule has 3 fully saturated rings. The van der Waals surface area contributed by atoms with Crippen LogP contribution in [0.3, 0.4) is 0 Å². The van der Waals surface area contributed by atoms with Crippen molar-refractivity contribution in [2.45, 2.75) is 82.2 Å². The summed E-state index contributed by atoms with van der Waals surface area (Å²) >= 11 is 0. The van der Waals surface area contributed by atoms with Gasteiger partial charge in [-0.25, -0.2) is 0 Å². The third-order valence-corrected chi connectivity index (χ3v) is 5.62. The number of carbonyl (C=O) groups excluding carboxylic acids is 2. The average molecular weight is 278 g/mol. The topological polar surface area (TPSA) is 49.4 Å². The summed E-state index contributed by atoms with van der Waals surface area (Å²) in [4.78, 5) is 27.2. The van der Waals surface area contributed by atoms with Crippen molar-refractivity contribution in [3.8, 4) is 0 Å². The van der Waals surface area contributed by atoms with Crippen LogP contribution in [0, 0.1) is 0 Å². The van der Waals surface area contributed by atoms with Gasteiger partial charge in [0.2, 0.25) is 11.8 Å². The van der Waals surface area contributed by atoms with Gasteiger partial charge in [0.15, 0.2) is 0 Å². The van der Waals surface area contributed by atoms with E-state index in [4.69, 9.17) is 0 Å². The van der Waals surface area contributed by atoms with Gasteiger partial charge in [0.25, 0.3) is 0 Å². The van der Waals surface area contributed by atoms with Crippen molar-refractivity contribution >= 4 is 11.8 Å². The highest BCUT2D eigenvalue weighted by Crippen LogP contribution is 2.39. The number of carbonyl (C=O) groups is 2. The van der Waals surface area contributed by atoms with Crippen LogP contribution in [-0.4, -0.2) is 34.3 Å². The van der Waals surface area contributed by atoms with E-state index >= 15 is 0 Å².